The summed E-state index contributed by atoms with van der Waals surface area (Å²) in [5.74, 6) is -3.56. The number of imidazole rings is 1. The summed E-state index contributed by atoms with van der Waals surface area (Å²) in [6, 6.07) is 14.4. The Morgan fingerprint density at radius 3 is 2.06 bits per heavy atom. The highest BCUT2D eigenvalue weighted by atomic mass is 19.3. The Balaban J connectivity index is 0.978. The molecule has 3 aromatic carbocycles. The van der Waals surface area contributed by atoms with Gasteiger partial charge in [-0.1, -0.05) is 58.0 Å². The van der Waals surface area contributed by atoms with Gasteiger partial charge in [0.25, 0.3) is 5.92 Å². The number of likely N-dealkylation sites (tertiary alicyclic amines) is 2. The summed E-state index contributed by atoms with van der Waals surface area (Å²) in [7, 11) is 2.50. The molecule has 5 aromatic rings. The predicted molar refractivity (Wildman–Crippen MR) is 239 cm³/mol. The van der Waals surface area contributed by atoms with Gasteiger partial charge >= 0.3 is 12.2 Å². The number of amides is 4. The van der Waals surface area contributed by atoms with Gasteiger partial charge in [-0.3, -0.25) is 14.4 Å². The first kappa shape index (κ1) is 43.7. The van der Waals surface area contributed by atoms with Crippen LogP contribution in [0, 0.1) is 17.8 Å². The first-order valence-corrected chi connectivity index (χ1v) is 22.3. The quantitative estimate of drug-likeness (QED) is 0.108. The van der Waals surface area contributed by atoms with Crippen LogP contribution in [0.15, 0.2) is 71.7 Å². The number of benzene rings is 3. The van der Waals surface area contributed by atoms with Crippen molar-refractivity contribution in [2.45, 2.75) is 95.9 Å². The number of H-pyrrole nitrogens is 2. The van der Waals surface area contributed by atoms with Crippen LogP contribution in [0.4, 0.5) is 18.4 Å². The lowest BCUT2D eigenvalue weighted by atomic mass is 9.92. The lowest BCUT2D eigenvalue weighted by Crippen LogP contribution is -2.54. The Labute approximate surface area is 374 Å². The Morgan fingerprint density at radius 1 is 0.785 bits per heavy atom. The maximum absolute atomic E-state index is 16.7. The maximum atomic E-state index is 16.7. The Morgan fingerprint density at radius 2 is 1.40 bits per heavy atom. The van der Waals surface area contributed by atoms with Gasteiger partial charge in [-0.15, -0.1) is 0 Å². The summed E-state index contributed by atoms with van der Waals surface area (Å²) in [6.45, 7) is 7.89. The molecular formula is C49H53F2N7O7. The molecule has 2 aromatic heterocycles. The van der Waals surface area contributed by atoms with Crippen LogP contribution in [0.3, 0.4) is 0 Å². The van der Waals surface area contributed by atoms with Crippen LogP contribution in [-0.4, -0.2) is 87.6 Å². The number of piperidine rings is 1. The van der Waals surface area contributed by atoms with Gasteiger partial charge in [0.15, 0.2) is 5.43 Å². The molecule has 2 bridgehead atoms. The fourth-order valence-corrected chi connectivity index (χ4v) is 10.6. The van der Waals surface area contributed by atoms with Crippen molar-refractivity contribution in [2.24, 2.45) is 17.8 Å². The molecule has 4 N–H and O–H groups in total. The van der Waals surface area contributed by atoms with E-state index in [9.17, 15) is 24.0 Å². The minimum atomic E-state index is -3.33. The molecule has 0 unspecified atom stereocenters. The van der Waals surface area contributed by atoms with E-state index in [2.05, 4.69) is 25.6 Å². The van der Waals surface area contributed by atoms with Gasteiger partial charge in [0, 0.05) is 46.4 Å². The van der Waals surface area contributed by atoms with Gasteiger partial charge in [0.05, 0.1) is 43.7 Å². The third-order valence-electron chi connectivity index (χ3n) is 13.9. The van der Waals surface area contributed by atoms with Crippen LogP contribution in [-0.2, 0) is 25.0 Å². The average molecular weight is 890 g/mol. The van der Waals surface area contributed by atoms with Crippen LogP contribution in [0.25, 0.3) is 44.4 Å². The highest BCUT2D eigenvalue weighted by Gasteiger charge is 2.51. The Bertz CT molecular complexity index is 2780. The summed E-state index contributed by atoms with van der Waals surface area (Å²) in [4.78, 5) is 80.6. The molecule has 9 rings (SSSR count). The lowest BCUT2D eigenvalue weighted by Gasteiger charge is -2.38. The number of aromatic nitrogens is 3. The van der Waals surface area contributed by atoms with Crippen LogP contribution >= 0.6 is 0 Å². The number of alkyl carbamates (subject to hydrolysis) is 2. The van der Waals surface area contributed by atoms with E-state index >= 15 is 8.78 Å². The van der Waals surface area contributed by atoms with E-state index in [1.54, 1.807) is 59.6 Å². The van der Waals surface area contributed by atoms with Crippen LogP contribution in [0.5, 0.6) is 0 Å². The molecule has 14 nitrogen and oxygen atoms in total. The first-order chi connectivity index (χ1) is 31.1. The lowest BCUT2D eigenvalue weighted by molar-refractivity contribution is -0.139. The van der Waals surface area contributed by atoms with Crippen molar-refractivity contribution in [3.05, 3.63) is 99.7 Å². The molecule has 65 heavy (non-hydrogen) atoms. The second-order valence-corrected chi connectivity index (χ2v) is 18.4. The molecule has 2 aliphatic heterocycles. The number of carbonyl (C=O) groups excluding carboxylic acids is 4. The largest absolute Gasteiger partial charge is 0.453 e. The zero-order valence-electron chi connectivity index (χ0n) is 37.2. The monoisotopic (exact) mass is 889 g/mol. The molecule has 0 radical (unpaired) electrons. The summed E-state index contributed by atoms with van der Waals surface area (Å²) in [6.07, 6.45) is 4.10. The molecule has 4 aliphatic rings. The second kappa shape index (κ2) is 16.8. The zero-order valence-corrected chi connectivity index (χ0v) is 37.2. The fraction of sp³-hybridized carbons (Fsp3) is 0.429. The number of carbonyl (C=O) groups is 4. The molecule has 0 spiro atoms. The minimum absolute atomic E-state index is 0.0315. The zero-order chi connectivity index (χ0) is 46.1. The Hall–Kier alpha value is -6.58. The fourth-order valence-electron chi connectivity index (χ4n) is 10.6. The van der Waals surface area contributed by atoms with Crippen molar-refractivity contribution in [1.29, 1.82) is 0 Å². The van der Waals surface area contributed by atoms with Crippen molar-refractivity contribution in [3.63, 3.8) is 0 Å². The van der Waals surface area contributed by atoms with Crippen molar-refractivity contribution in [2.75, 3.05) is 20.8 Å². The van der Waals surface area contributed by atoms with E-state index in [4.69, 9.17) is 9.47 Å². The minimum Gasteiger partial charge on any atom is -0.453 e. The molecule has 2 aliphatic carbocycles. The van der Waals surface area contributed by atoms with E-state index in [0.29, 0.717) is 68.9 Å². The van der Waals surface area contributed by atoms with E-state index < -0.39 is 36.2 Å². The molecule has 1 saturated carbocycles. The van der Waals surface area contributed by atoms with E-state index in [-0.39, 0.29) is 58.2 Å². The third kappa shape index (κ3) is 7.59. The average Bonchev–Trinajstić information content (AvgIpc) is 4.16. The number of methoxy groups -OCH3 is 2. The highest BCUT2D eigenvalue weighted by molar-refractivity contribution is 5.90. The normalized spacial score (nSPS) is 21.4. The smallest absolute Gasteiger partial charge is 0.407 e. The molecule has 340 valence electrons. The van der Waals surface area contributed by atoms with Gasteiger partial charge < -0.3 is 39.9 Å². The van der Waals surface area contributed by atoms with Gasteiger partial charge in [0.2, 0.25) is 11.8 Å². The summed E-state index contributed by atoms with van der Waals surface area (Å²) in [5.41, 5.74) is 3.70. The number of aromatic amines is 2. The SMILES string of the molecule is COC(=O)N[C@@H](C(=O)N1CCC[C@H]1c1ncc(-c2ccc3c(c2)C(F)(F)c2cc(-c4ccc5c(=O)cc([C@@H]6[C@@H]7CC[C@H](C7)N6C(=O)[C@H](NC(=O)OC)C(C)C)[nH]c5c4)ccc2-3)[nH]1)C(C)C. The molecular weight excluding hydrogens is 837 g/mol. The van der Waals surface area contributed by atoms with Gasteiger partial charge in [-0.25, -0.2) is 14.6 Å². The number of hydrogen-bond acceptors (Lipinski definition) is 8. The van der Waals surface area contributed by atoms with Gasteiger partial charge in [0.1, 0.15) is 17.9 Å². The number of fused-ring (bicyclic) bond motifs is 6. The first-order valence-electron chi connectivity index (χ1n) is 22.3. The molecule has 2 saturated heterocycles. The number of pyridine rings is 1. The van der Waals surface area contributed by atoms with Crippen molar-refractivity contribution >= 4 is 34.9 Å². The summed E-state index contributed by atoms with van der Waals surface area (Å²) >= 11 is 0. The van der Waals surface area contributed by atoms with Crippen molar-refractivity contribution in [3.8, 4) is 33.5 Å². The number of hydrogen-bond donors (Lipinski definition) is 4. The highest BCUT2D eigenvalue weighted by Crippen LogP contribution is 2.53. The van der Waals surface area contributed by atoms with Gasteiger partial charge in [-0.2, -0.15) is 8.78 Å². The molecule has 4 amide bonds. The number of ether oxygens (including phenoxy) is 2. The number of alkyl halides is 2. The summed E-state index contributed by atoms with van der Waals surface area (Å²) in [5, 5.41) is 5.78. The second-order valence-electron chi connectivity index (χ2n) is 18.4. The van der Waals surface area contributed by atoms with Crippen LogP contribution in [0.1, 0.15) is 94.5 Å². The molecule has 3 fully saturated rings. The maximum Gasteiger partial charge on any atom is 0.407 e. The van der Waals surface area contributed by atoms with Gasteiger partial charge in [-0.05, 0) is 96.4 Å². The third-order valence-corrected chi connectivity index (χ3v) is 13.9. The Kier molecular flexibility index (Phi) is 11.3. The topological polar surface area (TPSA) is 179 Å². The van der Waals surface area contributed by atoms with Crippen molar-refractivity contribution in [1.82, 2.24) is 35.4 Å². The number of nitrogens with one attached hydrogen (secondary N) is 4. The van der Waals surface area contributed by atoms with Crippen molar-refractivity contribution < 1.29 is 37.4 Å². The van der Waals surface area contributed by atoms with E-state index in [1.165, 1.54) is 26.4 Å². The number of nitrogens with zero attached hydrogens (tertiary/aromatic N) is 3. The molecule has 16 heteroatoms. The van der Waals surface area contributed by atoms with E-state index in [0.717, 1.165) is 25.7 Å². The molecule has 6 atom stereocenters. The van der Waals surface area contributed by atoms with E-state index in [1.807, 2.05) is 32.6 Å². The van der Waals surface area contributed by atoms with Crippen LogP contribution < -0.4 is 16.1 Å². The predicted octanol–water partition coefficient (Wildman–Crippen LogP) is 8.18. The number of rotatable bonds is 10. The summed E-state index contributed by atoms with van der Waals surface area (Å²) < 4.78 is 42.9. The molecule has 4 heterocycles. The standard InChI is InChI=1S/C49H53F2N7O7/c1-24(2)41(55-47(62)64-5)45(60)57-17-7-8-39(57)44-52-23-38(54-44)28-12-15-32-31-14-10-26(19-34(31)49(50,51)35(32)20-28)27-11-16-33-36(21-27)53-37(22-40(33)59)43-29-9-13-30(18-29)58(43)46(61)42(25(3)4)56-48(63)65-6/h10-12,14-16,19-25,29-30,39,41-43H,7-9,13,17-18H2,1-6H3,(H,52,54)(H,53,59)(H,55,62)(H,56,63)/t29-,30-,39+,41-,42-,43+/m1/s1. The van der Waals surface area contributed by atoms with Crippen LogP contribution in [0.2, 0.25) is 0 Å². The number of halogens is 2.